The third-order valence-corrected chi connectivity index (χ3v) is 4.67. The van der Waals surface area contributed by atoms with Gasteiger partial charge in [0.2, 0.25) is 0 Å². The van der Waals surface area contributed by atoms with Gasteiger partial charge in [-0.2, -0.15) is 0 Å². The van der Waals surface area contributed by atoms with Crippen molar-refractivity contribution in [3.05, 3.63) is 51.7 Å². The third-order valence-electron chi connectivity index (χ3n) is 2.31. The number of hydrogen-bond acceptors (Lipinski definition) is 3. The fourth-order valence-corrected chi connectivity index (χ4v) is 3.59. The molecule has 0 amide bonds. The van der Waals surface area contributed by atoms with E-state index in [-0.39, 0.29) is 9.92 Å². The van der Waals surface area contributed by atoms with Crippen molar-refractivity contribution >= 4 is 43.2 Å². The van der Waals surface area contributed by atoms with E-state index >= 15 is 0 Å². The lowest BCUT2D eigenvalue weighted by Crippen LogP contribution is -2.13. The largest absolute Gasteiger partial charge is 0.278 e. The van der Waals surface area contributed by atoms with E-state index in [1.807, 2.05) is 6.92 Å². The first-order valence-corrected chi connectivity index (χ1v) is 7.93. The molecule has 0 aliphatic carbocycles. The molecular formula is C12H10BrClN2O2S. The Morgan fingerprint density at radius 3 is 2.63 bits per heavy atom. The summed E-state index contributed by atoms with van der Waals surface area (Å²) in [4.78, 5) is 3.96. The molecule has 0 radical (unpaired) electrons. The third kappa shape index (κ3) is 3.46. The molecule has 0 aliphatic heterocycles. The van der Waals surface area contributed by atoms with E-state index in [1.54, 1.807) is 18.3 Å². The fraction of sp³-hybridized carbons (Fsp3) is 0.0833. The standard InChI is InChI=1S/C12H10BrClN2O2S/c1-8-4-10(7-15-6-8)16-19(17,18)12-3-2-9(13)5-11(12)14/h2-7,16H,1H3. The maximum Gasteiger partial charge on any atom is 0.263 e. The van der Waals surface area contributed by atoms with Crippen LogP contribution in [0.25, 0.3) is 0 Å². The molecule has 1 aromatic heterocycles. The maximum atomic E-state index is 12.2. The smallest absolute Gasteiger partial charge is 0.263 e. The van der Waals surface area contributed by atoms with Crippen LogP contribution in [0.1, 0.15) is 5.56 Å². The quantitative estimate of drug-likeness (QED) is 0.908. The summed E-state index contributed by atoms with van der Waals surface area (Å²) in [5.74, 6) is 0. The zero-order valence-corrected chi connectivity index (χ0v) is 13.1. The summed E-state index contributed by atoms with van der Waals surface area (Å²) in [5.41, 5.74) is 1.26. The van der Waals surface area contributed by atoms with E-state index in [4.69, 9.17) is 11.6 Å². The van der Waals surface area contributed by atoms with Crippen LogP contribution in [-0.4, -0.2) is 13.4 Å². The Balaban J connectivity index is 2.38. The van der Waals surface area contributed by atoms with Gasteiger partial charge in [0.05, 0.1) is 16.9 Å². The maximum absolute atomic E-state index is 12.2. The minimum absolute atomic E-state index is 0.0267. The number of rotatable bonds is 3. The van der Waals surface area contributed by atoms with Crippen molar-refractivity contribution < 1.29 is 8.42 Å². The van der Waals surface area contributed by atoms with E-state index in [9.17, 15) is 8.42 Å². The molecule has 1 N–H and O–H groups in total. The number of pyridine rings is 1. The average Bonchev–Trinajstić information content (AvgIpc) is 2.27. The Morgan fingerprint density at radius 2 is 2.00 bits per heavy atom. The monoisotopic (exact) mass is 360 g/mol. The topological polar surface area (TPSA) is 59.1 Å². The van der Waals surface area contributed by atoms with Gasteiger partial charge < -0.3 is 0 Å². The Hall–Kier alpha value is -1.11. The second-order valence-corrected chi connectivity index (χ2v) is 6.90. The minimum atomic E-state index is -3.72. The molecule has 2 aromatic rings. The van der Waals surface area contributed by atoms with Gasteiger partial charge in [-0.3, -0.25) is 9.71 Å². The number of nitrogens with one attached hydrogen (secondary N) is 1. The number of halogens is 2. The van der Waals surface area contributed by atoms with Gasteiger partial charge in [-0.05, 0) is 36.8 Å². The van der Waals surface area contributed by atoms with Crippen LogP contribution >= 0.6 is 27.5 Å². The van der Waals surface area contributed by atoms with E-state index < -0.39 is 10.0 Å². The zero-order valence-electron chi connectivity index (χ0n) is 9.89. The van der Waals surface area contributed by atoms with Gasteiger partial charge in [-0.25, -0.2) is 8.42 Å². The molecule has 0 spiro atoms. The van der Waals surface area contributed by atoms with Crippen LogP contribution in [0.15, 0.2) is 46.0 Å². The molecule has 100 valence electrons. The highest BCUT2D eigenvalue weighted by molar-refractivity contribution is 9.10. The van der Waals surface area contributed by atoms with Crippen LogP contribution in [0.2, 0.25) is 5.02 Å². The van der Waals surface area contributed by atoms with Crippen molar-refractivity contribution in [2.75, 3.05) is 4.72 Å². The van der Waals surface area contributed by atoms with Gasteiger partial charge in [-0.1, -0.05) is 27.5 Å². The van der Waals surface area contributed by atoms with Crippen LogP contribution in [-0.2, 0) is 10.0 Å². The summed E-state index contributed by atoms with van der Waals surface area (Å²) in [6.45, 7) is 1.83. The SMILES string of the molecule is Cc1cncc(NS(=O)(=O)c2ccc(Br)cc2Cl)c1. The Bertz CT molecular complexity index is 719. The molecule has 0 atom stereocenters. The van der Waals surface area contributed by atoms with Crippen LogP contribution in [0.5, 0.6) is 0 Å². The number of benzene rings is 1. The second-order valence-electron chi connectivity index (χ2n) is 3.93. The van der Waals surface area contributed by atoms with Crippen molar-refractivity contribution in [3.63, 3.8) is 0 Å². The number of aromatic nitrogens is 1. The van der Waals surface area contributed by atoms with Crippen LogP contribution in [0.3, 0.4) is 0 Å². The van der Waals surface area contributed by atoms with Crippen molar-refractivity contribution in [2.45, 2.75) is 11.8 Å². The number of hydrogen-bond donors (Lipinski definition) is 1. The first-order valence-electron chi connectivity index (χ1n) is 5.28. The molecule has 2 rings (SSSR count). The Kier molecular flexibility index (Phi) is 4.13. The van der Waals surface area contributed by atoms with Gasteiger partial charge in [0, 0.05) is 10.7 Å². The molecule has 0 saturated carbocycles. The van der Waals surface area contributed by atoms with Crippen molar-refractivity contribution in [3.8, 4) is 0 Å². The first-order chi connectivity index (χ1) is 8.88. The molecule has 4 nitrogen and oxygen atoms in total. The molecule has 7 heteroatoms. The highest BCUT2D eigenvalue weighted by Gasteiger charge is 2.18. The van der Waals surface area contributed by atoms with Crippen LogP contribution in [0.4, 0.5) is 5.69 Å². The number of aryl methyl sites for hydroxylation is 1. The summed E-state index contributed by atoms with van der Waals surface area (Å²) in [7, 11) is -3.72. The summed E-state index contributed by atoms with van der Waals surface area (Å²) in [6.07, 6.45) is 3.09. The van der Waals surface area contributed by atoms with Gasteiger partial charge in [0.25, 0.3) is 10.0 Å². The molecule has 19 heavy (non-hydrogen) atoms. The number of anilines is 1. The predicted molar refractivity (Wildman–Crippen MR) is 78.9 cm³/mol. The molecular weight excluding hydrogens is 352 g/mol. The molecule has 0 saturated heterocycles. The molecule has 0 aliphatic rings. The van der Waals surface area contributed by atoms with Crippen molar-refractivity contribution in [2.24, 2.45) is 0 Å². The number of sulfonamides is 1. The minimum Gasteiger partial charge on any atom is -0.278 e. The fourth-order valence-electron chi connectivity index (χ4n) is 1.51. The summed E-state index contributed by atoms with van der Waals surface area (Å²) >= 11 is 9.18. The molecule has 0 unspecified atom stereocenters. The molecule has 0 bridgehead atoms. The summed E-state index contributed by atoms with van der Waals surface area (Å²) in [5, 5.41) is 0.155. The van der Waals surface area contributed by atoms with Gasteiger partial charge in [-0.15, -0.1) is 0 Å². The lowest BCUT2D eigenvalue weighted by atomic mass is 10.3. The Morgan fingerprint density at radius 1 is 1.26 bits per heavy atom. The first kappa shape index (κ1) is 14.3. The van der Waals surface area contributed by atoms with Gasteiger partial charge in [0.1, 0.15) is 4.90 Å². The number of nitrogens with zero attached hydrogens (tertiary/aromatic N) is 1. The molecule has 1 heterocycles. The average molecular weight is 362 g/mol. The normalized spacial score (nSPS) is 11.3. The lowest BCUT2D eigenvalue weighted by molar-refractivity contribution is 0.601. The van der Waals surface area contributed by atoms with E-state index in [0.717, 1.165) is 5.56 Å². The highest BCUT2D eigenvalue weighted by atomic mass is 79.9. The lowest BCUT2D eigenvalue weighted by Gasteiger charge is -2.09. The second kappa shape index (κ2) is 5.48. The zero-order chi connectivity index (χ0) is 14.0. The van der Waals surface area contributed by atoms with Crippen LogP contribution in [0, 0.1) is 6.92 Å². The van der Waals surface area contributed by atoms with Crippen molar-refractivity contribution in [1.29, 1.82) is 0 Å². The van der Waals surface area contributed by atoms with Gasteiger partial charge in [0.15, 0.2) is 0 Å². The van der Waals surface area contributed by atoms with E-state index in [1.165, 1.54) is 18.3 Å². The van der Waals surface area contributed by atoms with E-state index in [2.05, 4.69) is 25.6 Å². The summed E-state index contributed by atoms with van der Waals surface area (Å²) < 4.78 is 27.6. The van der Waals surface area contributed by atoms with Crippen LogP contribution < -0.4 is 4.72 Å². The van der Waals surface area contributed by atoms with Crippen molar-refractivity contribution in [1.82, 2.24) is 4.98 Å². The summed E-state index contributed by atoms with van der Waals surface area (Å²) in [6, 6.07) is 6.29. The Labute approximate surface area is 125 Å². The predicted octanol–water partition coefficient (Wildman–Crippen LogP) is 3.61. The molecule has 0 fully saturated rings. The highest BCUT2D eigenvalue weighted by Crippen LogP contribution is 2.26. The van der Waals surface area contributed by atoms with Gasteiger partial charge >= 0.3 is 0 Å². The molecule has 1 aromatic carbocycles. The van der Waals surface area contributed by atoms with E-state index in [0.29, 0.717) is 10.2 Å².